The second-order valence-corrected chi connectivity index (χ2v) is 5.20. The molecule has 18 heavy (non-hydrogen) atoms. The van der Waals surface area contributed by atoms with E-state index in [1.807, 2.05) is 26.0 Å². The van der Waals surface area contributed by atoms with E-state index >= 15 is 0 Å². The van der Waals surface area contributed by atoms with Crippen LogP contribution in [0.3, 0.4) is 0 Å². The van der Waals surface area contributed by atoms with Gasteiger partial charge in [-0.2, -0.15) is 0 Å². The third-order valence-corrected chi connectivity index (χ3v) is 3.13. The molecule has 0 saturated heterocycles. The summed E-state index contributed by atoms with van der Waals surface area (Å²) < 4.78 is 30.6. The molecule has 1 atom stereocenters. The molecule has 0 bridgehead atoms. The highest BCUT2D eigenvalue weighted by molar-refractivity contribution is 9.10. The second-order valence-electron chi connectivity index (χ2n) is 4.29. The molecule has 0 saturated carbocycles. The van der Waals surface area contributed by atoms with E-state index in [0.29, 0.717) is 12.2 Å². The Morgan fingerprint density at radius 3 is 2.61 bits per heavy atom. The van der Waals surface area contributed by atoms with Gasteiger partial charge in [-0.3, -0.25) is 0 Å². The predicted octanol–water partition coefficient (Wildman–Crippen LogP) is 3.68. The lowest BCUT2D eigenvalue weighted by molar-refractivity contribution is 0.0810. The van der Waals surface area contributed by atoms with E-state index in [1.165, 1.54) is 0 Å². The summed E-state index contributed by atoms with van der Waals surface area (Å²) in [5.74, 6) is 0.530. The van der Waals surface area contributed by atoms with Crippen molar-refractivity contribution in [2.24, 2.45) is 5.73 Å². The van der Waals surface area contributed by atoms with Gasteiger partial charge >= 0.3 is 0 Å². The van der Waals surface area contributed by atoms with E-state index < -0.39 is 13.0 Å². The zero-order chi connectivity index (χ0) is 13.7. The van der Waals surface area contributed by atoms with Crippen molar-refractivity contribution in [1.82, 2.24) is 0 Å². The number of aryl methyl sites for hydroxylation is 1. The van der Waals surface area contributed by atoms with Gasteiger partial charge < -0.3 is 10.5 Å². The van der Waals surface area contributed by atoms with Gasteiger partial charge in [0, 0.05) is 10.5 Å². The van der Waals surface area contributed by atoms with Crippen molar-refractivity contribution >= 4 is 15.9 Å². The van der Waals surface area contributed by atoms with Gasteiger partial charge in [-0.15, -0.1) is 0 Å². The maximum atomic E-state index is 12.2. The van der Waals surface area contributed by atoms with E-state index in [9.17, 15) is 8.78 Å². The quantitative estimate of drug-likeness (QED) is 0.867. The minimum Gasteiger partial charge on any atom is -0.487 e. The molecule has 0 aliphatic carbocycles. The average molecular weight is 322 g/mol. The fourth-order valence-corrected chi connectivity index (χ4v) is 2.35. The zero-order valence-corrected chi connectivity index (χ0v) is 12.1. The first-order chi connectivity index (χ1) is 8.43. The molecule has 0 aromatic heterocycles. The van der Waals surface area contributed by atoms with Crippen molar-refractivity contribution in [3.8, 4) is 5.75 Å². The number of alkyl halides is 2. The van der Waals surface area contributed by atoms with Gasteiger partial charge in [0.05, 0.1) is 0 Å². The van der Waals surface area contributed by atoms with E-state index in [1.54, 1.807) is 0 Å². The summed E-state index contributed by atoms with van der Waals surface area (Å²) in [4.78, 5) is 0. The molecule has 0 fully saturated rings. The third kappa shape index (κ3) is 4.53. The van der Waals surface area contributed by atoms with Crippen molar-refractivity contribution in [3.05, 3.63) is 27.7 Å². The molecule has 0 spiro atoms. The van der Waals surface area contributed by atoms with Crippen LogP contribution in [0.15, 0.2) is 16.6 Å². The van der Waals surface area contributed by atoms with Crippen LogP contribution in [-0.4, -0.2) is 19.1 Å². The molecule has 102 valence electrons. The summed E-state index contributed by atoms with van der Waals surface area (Å²) in [5, 5.41) is 0. The molecule has 2 N–H and O–H groups in total. The van der Waals surface area contributed by atoms with Gasteiger partial charge in [0.25, 0.3) is 6.43 Å². The van der Waals surface area contributed by atoms with Crippen LogP contribution >= 0.6 is 15.9 Å². The van der Waals surface area contributed by atoms with Gasteiger partial charge in [0.2, 0.25) is 0 Å². The molecule has 1 rings (SSSR count). The van der Waals surface area contributed by atoms with Gasteiger partial charge in [-0.1, -0.05) is 22.9 Å². The Kier molecular flexibility index (Phi) is 6.02. The number of ether oxygens (including phenoxy) is 1. The Hall–Kier alpha value is -0.680. The first-order valence-electron chi connectivity index (χ1n) is 5.89. The topological polar surface area (TPSA) is 35.2 Å². The van der Waals surface area contributed by atoms with Crippen molar-refractivity contribution in [2.75, 3.05) is 6.61 Å². The van der Waals surface area contributed by atoms with Crippen LogP contribution in [0.4, 0.5) is 8.78 Å². The monoisotopic (exact) mass is 321 g/mol. The van der Waals surface area contributed by atoms with E-state index in [2.05, 4.69) is 15.9 Å². The molecule has 1 unspecified atom stereocenters. The van der Waals surface area contributed by atoms with E-state index in [4.69, 9.17) is 10.5 Å². The maximum absolute atomic E-state index is 12.2. The highest BCUT2D eigenvalue weighted by atomic mass is 79.9. The summed E-state index contributed by atoms with van der Waals surface area (Å²) in [5.41, 5.74) is 7.62. The van der Waals surface area contributed by atoms with Crippen molar-refractivity contribution < 1.29 is 13.5 Å². The van der Waals surface area contributed by atoms with Gasteiger partial charge in [-0.25, -0.2) is 8.78 Å². The fraction of sp³-hybridized carbons (Fsp3) is 0.538. The van der Waals surface area contributed by atoms with Crippen LogP contribution in [0.2, 0.25) is 0 Å². The van der Waals surface area contributed by atoms with Crippen LogP contribution in [0.1, 0.15) is 24.5 Å². The van der Waals surface area contributed by atoms with Crippen LogP contribution in [-0.2, 0) is 6.42 Å². The van der Waals surface area contributed by atoms with Crippen LogP contribution < -0.4 is 10.5 Å². The third-order valence-electron chi connectivity index (χ3n) is 2.68. The van der Waals surface area contributed by atoms with Crippen molar-refractivity contribution in [3.63, 3.8) is 0 Å². The normalized spacial score (nSPS) is 12.8. The molecular formula is C13H18BrF2NO. The number of rotatable bonds is 6. The first kappa shape index (κ1) is 15.4. The molecule has 5 heteroatoms. The molecule has 0 amide bonds. The Morgan fingerprint density at radius 2 is 2.06 bits per heavy atom. The minimum atomic E-state index is -2.47. The summed E-state index contributed by atoms with van der Waals surface area (Å²) in [7, 11) is 0. The fourth-order valence-electron chi connectivity index (χ4n) is 1.73. The zero-order valence-electron chi connectivity index (χ0n) is 10.6. The lowest BCUT2D eigenvalue weighted by Crippen LogP contribution is -2.22. The lowest BCUT2D eigenvalue weighted by atomic mass is 10.0. The molecule has 0 heterocycles. The number of hydrogen-bond acceptors (Lipinski definition) is 2. The smallest absolute Gasteiger partial charge is 0.272 e. The minimum absolute atomic E-state index is 0.00704. The summed E-state index contributed by atoms with van der Waals surface area (Å²) in [6.07, 6.45) is -1.02. The van der Waals surface area contributed by atoms with Crippen molar-refractivity contribution in [1.29, 1.82) is 0 Å². The highest BCUT2D eigenvalue weighted by Gasteiger charge is 2.14. The Morgan fingerprint density at radius 1 is 1.39 bits per heavy atom. The Labute approximate surface area is 115 Å². The second kappa shape index (κ2) is 7.04. The Bertz CT molecular complexity index is 399. The molecule has 0 aliphatic heterocycles. The summed E-state index contributed by atoms with van der Waals surface area (Å²) >= 11 is 3.39. The number of hydrogen-bond donors (Lipinski definition) is 1. The standard InChI is InChI=1S/C13H18BrF2NO/c1-3-11(17)6-9-5-10(14)4-8(2)13(9)18-7-12(15)16/h4-5,11-12H,3,6-7,17H2,1-2H3. The van der Waals surface area contributed by atoms with Gasteiger partial charge in [-0.05, 0) is 43.0 Å². The largest absolute Gasteiger partial charge is 0.487 e. The van der Waals surface area contributed by atoms with Crippen molar-refractivity contribution in [2.45, 2.75) is 39.2 Å². The molecular weight excluding hydrogens is 304 g/mol. The number of nitrogens with two attached hydrogens (primary N) is 1. The summed E-state index contributed by atoms with van der Waals surface area (Å²) in [6, 6.07) is 3.73. The number of halogens is 3. The highest BCUT2D eigenvalue weighted by Crippen LogP contribution is 2.29. The molecule has 0 aliphatic rings. The molecule has 0 radical (unpaired) electrons. The van der Waals surface area contributed by atoms with E-state index in [0.717, 1.165) is 22.0 Å². The molecule has 1 aromatic carbocycles. The lowest BCUT2D eigenvalue weighted by Gasteiger charge is -2.17. The number of benzene rings is 1. The van der Waals surface area contributed by atoms with E-state index in [-0.39, 0.29) is 6.04 Å². The van der Waals surface area contributed by atoms with Crippen LogP contribution in [0.25, 0.3) is 0 Å². The van der Waals surface area contributed by atoms with Gasteiger partial charge in [0.1, 0.15) is 12.4 Å². The first-order valence-corrected chi connectivity index (χ1v) is 6.68. The molecule has 2 nitrogen and oxygen atoms in total. The van der Waals surface area contributed by atoms with Gasteiger partial charge in [0.15, 0.2) is 0 Å². The predicted molar refractivity (Wildman–Crippen MR) is 72.3 cm³/mol. The SMILES string of the molecule is CCC(N)Cc1cc(Br)cc(C)c1OCC(F)F. The summed E-state index contributed by atoms with van der Waals surface area (Å²) in [6.45, 7) is 3.25. The maximum Gasteiger partial charge on any atom is 0.272 e. The Balaban J connectivity index is 2.96. The molecule has 1 aromatic rings. The van der Waals surface area contributed by atoms with Crippen LogP contribution in [0, 0.1) is 6.92 Å². The van der Waals surface area contributed by atoms with Crippen LogP contribution in [0.5, 0.6) is 5.75 Å². The average Bonchev–Trinajstić information content (AvgIpc) is 2.27.